The van der Waals surface area contributed by atoms with E-state index in [1.54, 1.807) is 0 Å². The van der Waals surface area contributed by atoms with Crippen LogP contribution in [0.15, 0.2) is 30.5 Å². The molecule has 2 aromatic rings. The highest BCUT2D eigenvalue weighted by Crippen LogP contribution is 2.42. The monoisotopic (exact) mass is 295 g/mol. The van der Waals surface area contributed by atoms with Crippen molar-refractivity contribution in [2.24, 2.45) is 18.9 Å². The molecule has 1 aromatic carbocycles. The number of fused-ring (bicyclic) bond motifs is 2. The zero-order valence-electron chi connectivity index (χ0n) is 12.9. The molecule has 1 aromatic heterocycles. The highest BCUT2D eigenvalue weighted by Gasteiger charge is 2.51. The molecule has 4 bridgehead atoms. The van der Waals surface area contributed by atoms with Gasteiger partial charge in [0, 0.05) is 49.8 Å². The number of aryl methyl sites for hydroxylation is 1. The molecule has 0 saturated carbocycles. The van der Waals surface area contributed by atoms with E-state index in [1.807, 2.05) is 25.4 Å². The highest BCUT2D eigenvalue weighted by atomic mass is 16.2. The van der Waals surface area contributed by atoms with Crippen LogP contribution in [0, 0.1) is 11.8 Å². The second-order valence-electron chi connectivity index (χ2n) is 7.17. The number of rotatable bonds is 1. The van der Waals surface area contributed by atoms with Gasteiger partial charge >= 0.3 is 0 Å². The number of para-hydroxylation sites is 1. The van der Waals surface area contributed by atoms with Gasteiger partial charge in [-0.2, -0.15) is 0 Å². The maximum absolute atomic E-state index is 13.2. The predicted molar refractivity (Wildman–Crippen MR) is 85.8 cm³/mol. The molecule has 2 unspecified atom stereocenters. The normalized spacial score (nSPS) is 32.9. The van der Waals surface area contributed by atoms with Crippen molar-refractivity contribution in [1.82, 2.24) is 14.4 Å². The number of likely N-dealkylation sites (tertiary alicyclic amines) is 1. The lowest BCUT2D eigenvalue weighted by Gasteiger charge is -2.44. The number of benzene rings is 1. The fourth-order valence-corrected chi connectivity index (χ4v) is 5.01. The van der Waals surface area contributed by atoms with Gasteiger partial charge in [-0.3, -0.25) is 4.79 Å². The average molecular weight is 295 g/mol. The van der Waals surface area contributed by atoms with E-state index in [1.165, 1.54) is 19.5 Å². The minimum absolute atomic E-state index is 0.234. The molecule has 0 radical (unpaired) electrons. The van der Waals surface area contributed by atoms with Crippen LogP contribution in [-0.4, -0.2) is 52.5 Å². The quantitative estimate of drug-likeness (QED) is 0.804. The Kier molecular flexibility index (Phi) is 2.51. The minimum atomic E-state index is 0.234. The number of carbonyl (C=O) groups excluding carboxylic acids is 1. The molecule has 1 amide bonds. The Hall–Kier alpha value is -1.81. The minimum Gasteiger partial charge on any atom is -0.350 e. The third-order valence-electron chi connectivity index (χ3n) is 6.04. The van der Waals surface area contributed by atoms with E-state index in [9.17, 15) is 4.79 Å². The van der Waals surface area contributed by atoms with Gasteiger partial charge in [-0.1, -0.05) is 18.2 Å². The number of amides is 1. The first kappa shape index (κ1) is 12.7. The van der Waals surface area contributed by atoms with E-state index < -0.39 is 0 Å². The van der Waals surface area contributed by atoms with Crippen LogP contribution in [0.25, 0.3) is 10.9 Å². The molecule has 0 aliphatic carbocycles. The molecule has 4 saturated heterocycles. The van der Waals surface area contributed by atoms with Gasteiger partial charge in [0.05, 0.1) is 5.56 Å². The number of piperidine rings is 3. The Labute approximate surface area is 130 Å². The van der Waals surface area contributed by atoms with Crippen molar-refractivity contribution >= 4 is 16.8 Å². The van der Waals surface area contributed by atoms with Gasteiger partial charge in [0.15, 0.2) is 0 Å². The summed E-state index contributed by atoms with van der Waals surface area (Å²) in [7, 11) is 2.02. The Morgan fingerprint density at radius 3 is 2.86 bits per heavy atom. The van der Waals surface area contributed by atoms with Crippen molar-refractivity contribution in [1.29, 1.82) is 0 Å². The molecule has 4 nitrogen and oxygen atoms in total. The average Bonchev–Trinajstić information content (AvgIpc) is 3.03. The van der Waals surface area contributed by atoms with E-state index >= 15 is 0 Å². The number of carbonyl (C=O) groups is 1. The van der Waals surface area contributed by atoms with Crippen LogP contribution in [0.4, 0.5) is 0 Å². The maximum atomic E-state index is 13.2. The molecule has 4 aliphatic heterocycles. The van der Waals surface area contributed by atoms with E-state index in [0.717, 1.165) is 35.5 Å². The number of hydrogen-bond donors (Lipinski definition) is 0. The first-order valence-electron chi connectivity index (χ1n) is 8.30. The molecule has 5 heterocycles. The van der Waals surface area contributed by atoms with Gasteiger partial charge in [0.1, 0.15) is 0 Å². The van der Waals surface area contributed by atoms with Crippen LogP contribution in [0.5, 0.6) is 0 Å². The van der Waals surface area contributed by atoms with Crippen LogP contribution in [-0.2, 0) is 7.05 Å². The summed E-state index contributed by atoms with van der Waals surface area (Å²) in [6.07, 6.45) is 3.28. The zero-order chi connectivity index (χ0) is 14.8. The lowest BCUT2D eigenvalue weighted by atomic mass is 9.80. The Bertz CT molecular complexity index is 765. The fraction of sp³-hybridized carbons (Fsp3) is 0.500. The van der Waals surface area contributed by atoms with Crippen LogP contribution in [0.3, 0.4) is 0 Å². The summed E-state index contributed by atoms with van der Waals surface area (Å²) < 4.78 is 2.07. The van der Waals surface area contributed by atoms with Crippen molar-refractivity contribution in [2.75, 3.05) is 26.2 Å². The predicted octanol–water partition coefficient (Wildman–Crippen LogP) is 1.95. The summed E-state index contributed by atoms with van der Waals surface area (Å²) in [4.78, 5) is 17.9. The molecule has 0 N–H and O–H groups in total. The van der Waals surface area contributed by atoms with Crippen LogP contribution in [0.2, 0.25) is 0 Å². The van der Waals surface area contributed by atoms with Gasteiger partial charge in [0.2, 0.25) is 0 Å². The first-order valence-corrected chi connectivity index (χ1v) is 8.30. The lowest BCUT2D eigenvalue weighted by molar-refractivity contribution is 0.0423. The number of nitrogens with zero attached hydrogens (tertiary/aromatic N) is 3. The second kappa shape index (κ2) is 4.35. The molecular weight excluding hydrogens is 274 g/mol. The molecule has 114 valence electrons. The fourth-order valence-electron chi connectivity index (χ4n) is 5.01. The SMILES string of the molecule is Cn1cc(C(=O)N2C[C@H]3CN4CC[C@H]3C2C4)c2ccccc21. The second-order valence-corrected chi connectivity index (χ2v) is 7.17. The van der Waals surface area contributed by atoms with Crippen LogP contribution in [0.1, 0.15) is 16.8 Å². The van der Waals surface area contributed by atoms with Crippen molar-refractivity contribution in [2.45, 2.75) is 12.5 Å². The van der Waals surface area contributed by atoms with Crippen molar-refractivity contribution in [3.8, 4) is 0 Å². The third kappa shape index (κ3) is 1.59. The molecule has 6 rings (SSSR count). The van der Waals surface area contributed by atoms with Crippen LogP contribution < -0.4 is 0 Å². The maximum Gasteiger partial charge on any atom is 0.256 e. The largest absolute Gasteiger partial charge is 0.350 e. The summed E-state index contributed by atoms with van der Waals surface area (Å²) in [6.45, 7) is 4.46. The van der Waals surface area contributed by atoms with Crippen LogP contribution >= 0.6 is 0 Å². The van der Waals surface area contributed by atoms with E-state index in [2.05, 4.69) is 26.5 Å². The topological polar surface area (TPSA) is 28.5 Å². The van der Waals surface area contributed by atoms with Gasteiger partial charge in [-0.05, 0) is 30.9 Å². The van der Waals surface area contributed by atoms with E-state index in [4.69, 9.17) is 0 Å². The van der Waals surface area contributed by atoms with Gasteiger partial charge in [-0.25, -0.2) is 0 Å². The lowest BCUT2D eigenvalue weighted by Crippen LogP contribution is -2.54. The Morgan fingerprint density at radius 2 is 2.05 bits per heavy atom. The van der Waals surface area contributed by atoms with Crippen molar-refractivity contribution in [3.63, 3.8) is 0 Å². The van der Waals surface area contributed by atoms with Gasteiger partial charge in [0.25, 0.3) is 5.91 Å². The van der Waals surface area contributed by atoms with E-state index in [-0.39, 0.29) is 5.91 Å². The molecule has 4 aliphatic rings. The number of hydrogen-bond acceptors (Lipinski definition) is 2. The summed E-state index contributed by atoms with van der Waals surface area (Å²) in [6, 6.07) is 8.66. The molecule has 4 atom stereocenters. The molecule has 22 heavy (non-hydrogen) atoms. The van der Waals surface area contributed by atoms with Crippen molar-refractivity contribution in [3.05, 3.63) is 36.0 Å². The Morgan fingerprint density at radius 1 is 1.18 bits per heavy atom. The molecule has 4 fully saturated rings. The first-order chi connectivity index (χ1) is 10.7. The molecule has 0 spiro atoms. The smallest absolute Gasteiger partial charge is 0.256 e. The highest BCUT2D eigenvalue weighted by molar-refractivity contribution is 6.07. The van der Waals surface area contributed by atoms with Gasteiger partial charge < -0.3 is 14.4 Å². The Balaban J connectivity index is 1.54. The standard InChI is InChI=1S/C18H21N3O/c1-19-10-15(14-4-2-3-5-16(14)19)18(22)21-9-12-8-20-7-6-13(12)17(21)11-20/h2-5,10,12-13,17H,6-9,11H2,1H3/t12-,13-,17?/m1/s1. The molecular formula is C18H21N3O. The summed E-state index contributed by atoms with van der Waals surface area (Å²) in [5, 5.41) is 1.09. The number of aromatic nitrogens is 1. The zero-order valence-corrected chi connectivity index (χ0v) is 12.9. The summed E-state index contributed by atoms with van der Waals surface area (Å²) in [5.74, 6) is 1.67. The van der Waals surface area contributed by atoms with E-state index in [0.29, 0.717) is 12.0 Å². The third-order valence-corrected chi connectivity index (χ3v) is 6.04. The van der Waals surface area contributed by atoms with Crippen molar-refractivity contribution < 1.29 is 4.79 Å². The summed E-state index contributed by atoms with van der Waals surface area (Å²) >= 11 is 0. The summed E-state index contributed by atoms with van der Waals surface area (Å²) in [5.41, 5.74) is 2.01. The van der Waals surface area contributed by atoms with Gasteiger partial charge in [-0.15, -0.1) is 0 Å². The molecule has 4 heteroatoms.